The number of nitrogens with one attached hydrogen (secondary N) is 2. The number of nitrogens with zero attached hydrogens (tertiary/aromatic N) is 1. The summed E-state index contributed by atoms with van der Waals surface area (Å²) >= 11 is 5.62. The van der Waals surface area contributed by atoms with Crippen LogP contribution in [0.25, 0.3) is 0 Å². The Morgan fingerprint density at radius 2 is 1.58 bits per heavy atom. The Morgan fingerprint density at radius 1 is 1.00 bits per heavy atom. The molecule has 1 aromatic heterocycles. The van der Waals surface area contributed by atoms with Crippen LogP contribution in [-0.2, 0) is 36.7 Å². The van der Waals surface area contributed by atoms with Gasteiger partial charge in [-0.05, 0) is 30.3 Å². The van der Waals surface area contributed by atoms with Crippen LogP contribution in [0.15, 0.2) is 41.4 Å². The number of halogens is 7. The molecule has 16 heteroatoms. The Labute approximate surface area is 186 Å². The maximum Gasteiger partial charge on any atom is 0.416 e. The zero-order valence-corrected chi connectivity index (χ0v) is 17.5. The van der Waals surface area contributed by atoms with E-state index < -0.39 is 63.4 Å². The van der Waals surface area contributed by atoms with E-state index >= 15 is 0 Å². The van der Waals surface area contributed by atoms with Gasteiger partial charge in [0, 0.05) is 6.20 Å². The molecule has 8 nitrogen and oxygen atoms in total. The van der Waals surface area contributed by atoms with Gasteiger partial charge in [-0.15, -0.1) is 0 Å². The molecule has 2 aromatic rings. The van der Waals surface area contributed by atoms with Gasteiger partial charge in [-0.25, -0.2) is 13.4 Å². The molecule has 0 saturated carbocycles. The number of anilines is 1. The van der Waals surface area contributed by atoms with Gasteiger partial charge in [-0.2, -0.15) is 31.1 Å². The summed E-state index contributed by atoms with van der Waals surface area (Å²) in [4.78, 5) is 25.7. The molecule has 0 bridgehead atoms. The predicted octanol–water partition coefficient (Wildman–Crippen LogP) is 3.23. The van der Waals surface area contributed by atoms with Gasteiger partial charge in [0.2, 0.25) is 10.0 Å². The van der Waals surface area contributed by atoms with E-state index in [2.05, 4.69) is 15.0 Å². The highest BCUT2D eigenvalue weighted by Gasteiger charge is 2.38. The SMILES string of the molecule is O=C(COC(=O)CNS(=O)(=O)c1cc(C(F)(F)F)cc(C(F)(F)F)c1)Nc1ccc(Cl)cn1. The molecular formula is C17H12ClF6N3O5S. The van der Waals surface area contributed by atoms with E-state index in [0.29, 0.717) is 0 Å². The molecule has 0 fully saturated rings. The van der Waals surface area contributed by atoms with Gasteiger partial charge in [0.25, 0.3) is 5.91 Å². The average molecular weight is 520 g/mol. The van der Waals surface area contributed by atoms with E-state index in [0.717, 1.165) is 0 Å². The highest BCUT2D eigenvalue weighted by Crippen LogP contribution is 2.37. The fraction of sp³-hybridized carbons (Fsp3) is 0.235. The van der Waals surface area contributed by atoms with Crippen LogP contribution in [0.3, 0.4) is 0 Å². The molecule has 0 aliphatic carbocycles. The van der Waals surface area contributed by atoms with Gasteiger partial charge in [0.05, 0.1) is 21.0 Å². The van der Waals surface area contributed by atoms with Gasteiger partial charge < -0.3 is 10.1 Å². The molecule has 0 atom stereocenters. The summed E-state index contributed by atoms with van der Waals surface area (Å²) in [6.45, 7) is -2.06. The lowest BCUT2D eigenvalue weighted by Gasteiger charge is -2.14. The minimum Gasteiger partial charge on any atom is -0.455 e. The van der Waals surface area contributed by atoms with Crippen LogP contribution in [0, 0.1) is 0 Å². The number of hydrogen-bond donors (Lipinski definition) is 2. The maximum absolute atomic E-state index is 12.9. The lowest BCUT2D eigenvalue weighted by molar-refractivity contribution is -0.146. The van der Waals surface area contributed by atoms with Crippen molar-refractivity contribution in [1.82, 2.24) is 9.71 Å². The van der Waals surface area contributed by atoms with Crippen LogP contribution < -0.4 is 10.0 Å². The van der Waals surface area contributed by atoms with Gasteiger partial charge in [0.1, 0.15) is 12.4 Å². The first-order valence-electron chi connectivity index (χ1n) is 8.44. The normalized spacial score (nSPS) is 12.3. The van der Waals surface area contributed by atoms with Gasteiger partial charge in [-0.1, -0.05) is 11.6 Å². The largest absolute Gasteiger partial charge is 0.455 e. The molecule has 0 aliphatic heterocycles. The number of pyridine rings is 1. The Morgan fingerprint density at radius 3 is 2.06 bits per heavy atom. The van der Waals surface area contributed by atoms with Crippen molar-refractivity contribution in [3.05, 3.63) is 52.7 Å². The number of benzene rings is 1. The molecule has 0 saturated heterocycles. The zero-order chi connectivity index (χ0) is 25.0. The molecule has 1 amide bonds. The quantitative estimate of drug-likeness (QED) is 0.429. The van der Waals surface area contributed by atoms with E-state index in [1.54, 1.807) is 0 Å². The average Bonchev–Trinajstić information content (AvgIpc) is 2.71. The van der Waals surface area contributed by atoms with Crippen LogP contribution in [0.4, 0.5) is 32.2 Å². The van der Waals surface area contributed by atoms with Crippen molar-refractivity contribution in [3.63, 3.8) is 0 Å². The minimum absolute atomic E-state index is 0.0184. The van der Waals surface area contributed by atoms with Crippen molar-refractivity contribution in [1.29, 1.82) is 0 Å². The number of ether oxygens (including phenoxy) is 1. The standard InChI is InChI=1S/C17H12ClF6N3O5S/c18-11-1-2-13(25-6-11)27-14(28)8-32-15(29)7-26-33(30,31)12-4-9(16(19,20)21)3-10(5-12)17(22,23)24/h1-6,26H,7-8H2,(H,25,27,28). The molecule has 0 aliphatic rings. The summed E-state index contributed by atoms with van der Waals surface area (Å²) in [5, 5.41) is 2.51. The second-order valence-electron chi connectivity index (χ2n) is 6.14. The van der Waals surface area contributed by atoms with E-state index in [4.69, 9.17) is 11.6 Å². The molecule has 1 heterocycles. The Kier molecular flexibility index (Phi) is 7.92. The first-order chi connectivity index (χ1) is 15.1. The van der Waals surface area contributed by atoms with Crippen LogP contribution >= 0.6 is 11.6 Å². The third-order valence-corrected chi connectivity index (χ3v) is 5.24. The number of rotatable bonds is 7. The Bertz CT molecular complexity index is 1110. The molecule has 0 spiro atoms. The first-order valence-corrected chi connectivity index (χ1v) is 10.3. The van der Waals surface area contributed by atoms with Gasteiger partial charge >= 0.3 is 18.3 Å². The van der Waals surface area contributed by atoms with Crippen LogP contribution in [0.5, 0.6) is 0 Å². The topological polar surface area (TPSA) is 114 Å². The summed E-state index contributed by atoms with van der Waals surface area (Å²) < 4.78 is 108. The number of hydrogen-bond acceptors (Lipinski definition) is 6. The highest BCUT2D eigenvalue weighted by molar-refractivity contribution is 7.89. The van der Waals surface area contributed by atoms with Crippen molar-refractivity contribution < 1.29 is 49.1 Å². The molecule has 0 unspecified atom stereocenters. The van der Waals surface area contributed by atoms with Gasteiger partial charge in [0.15, 0.2) is 6.61 Å². The summed E-state index contributed by atoms with van der Waals surface area (Å²) in [6, 6.07) is 2.45. The van der Waals surface area contributed by atoms with Crippen LogP contribution in [0.2, 0.25) is 5.02 Å². The van der Waals surface area contributed by atoms with Gasteiger partial charge in [-0.3, -0.25) is 9.59 Å². The van der Waals surface area contributed by atoms with Crippen molar-refractivity contribution in [2.24, 2.45) is 0 Å². The smallest absolute Gasteiger partial charge is 0.416 e. The predicted molar refractivity (Wildman–Crippen MR) is 100 cm³/mol. The highest BCUT2D eigenvalue weighted by atomic mass is 35.5. The number of carbonyl (C=O) groups is 2. The van der Waals surface area contributed by atoms with Crippen molar-refractivity contribution in [3.8, 4) is 0 Å². The monoisotopic (exact) mass is 519 g/mol. The fourth-order valence-corrected chi connectivity index (χ4v) is 3.30. The van der Waals surface area contributed by atoms with E-state index in [-0.39, 0.29) is 29.0 Å². The molecule has 1 aromatic carbocycles. The molecule has 180 valence electrons. The minimum atomic E-state index is -5.27. The fourth-order valence-electron chi connectivity index (χ4n) is 2.14. The summed E-state index contributed by atoms with van der Waals surface area (Å²) in [5.41, 5.74) is -3.71. The molecule has 2 rings (SSSR count). The second kappa shape index (κ2) is 9.93. The number of alkyl halides is 6. The van der Waals surface area contributed by atoms with Crippen molar-refractivity contribution >= 4 is 39.3 Å². The van der Waals surface area contributed by atoms with E-state index in [9.17, 15) is 44.3 Å². The number of esters is 1. The van der Waals surface area contributed by atoms with Crippen molar-refractivity contribution in [2.75, 3.05) is 18.5 Å². The second-order valence-corrected chi connectivity index (χ2v) is 8.34. The molecule has 0 radical (unpaired) electrons. The third-order valence-electron chi connectivity index (χ3n) is 3.64. The van der Waals surface area contributed by atoms with Crippen LogP contribution in [-0.4, -0.2) is 38.4 Å². The summed E-state index contributed by atoms with van der Waals surface area (Å²) in [6.07, 6.45) is -9.32. The van der Waals surface area contributed by atoms with E-state index in [1.807, 2.05) is 0 Å². The van der Waals surface area contributed by atoms with Crippen molar-refractivity contribution in [2.45, 2.75) is 17.2 Å². The number of carbonyl (C=O) groups excluding carboxylic acids is 2. The molecular weight excluding hydrogens is 508 g/mol. The van der Waals surface area contributed by atoms with Crippen LogP contribution in [0.1, 0.15) is 11.1 Å². The maximum atomic E-state index is 12.9. The molecule has 2 N–H and O–H groups in total. The first kappa shape index (κ1) is 26.3. The Hall–Kier alpha value is -2.91. The zero-order valence-electron chi connectivity index (χ0n) is 15.9. The number of aromatic nitrogens is 1. The number of sulfonamides is 1. The summed E-state index contributed by atoms with van der Waals surface area (Å²) in [5.74, 6) is -2.14. The number of amides is 1. The molecule has 33 heavy (non-hydrogen) atoms. The summed E-state index contributed by atoms with van der Waals surface area (Å²) in [7, 11) is -4.99. The Balaban J connectivity index is 2.03. The third kappa shape index (κ3) is 7.87. The van der Waals surface area contributed by atoms with E-state index in [1.165, 1.54) is 23.1 Å². The lowest BCUT2D eigenvalue weighted by atomic mass is 10.1. The lowest BCUT2D eigenvalue weighted by Crippen LogP contribution is -2.32.